The Kier molecular flexibility index (Phi) is 6.66. The van der Waals surface area contributed by atoms with Crippen LogP contribution in [0.3, 0.4) is 0 Å². The van der Waals surface area contributed by atoms with Gasteiger partial charge in [-0.2, -0.15) is 0 Å². The predicted octanol–water partition coefficient (Wildman–Crippen LogP) is 2.26. The van der Waals surface area contributed by atoms with Gasteiger partial charge in [0.2, 0.25) is 0 Å². The first-order chi connectivity index (χ1) is 11.9. The standard InChI is InChI=1S/C20H27N3O/c1-2-4-19(5-3-1)17-24-20-8-6-18(7-9-20)16-22-12-15-23-13-10-21-11-14-23/h1-9,21-22H,10-17H2. The lowest BCUT2D eigenvalue weighted by Crippen LogP contribution is -2.45. The van der Waals surface area contributed by atoms with E-state index < -0.39 is 0 Å². The smallest absolute Gasteiger partial charge is 0.119 e. The summed E-state index contributed by atoms with van der Waals surface area (Å²) in [6.07, 6.45) is 0. The fourth-order valence-corrected chi connectivity index (χ4v) is 2.85. The highest BCUT2D eigenvalue weighted by molar-refractivity contribution is 5.27. The molecule has 0 atom stereocenters. The minimum Gasteiger partial charge on any atom is -0.489 e. The van der Waals surface area contributed by atoms with Crippen LogP contribution in [0.15, 0.2) is 54.6 Å². The lowest BCUT2D eigenvalue weighted by atomic mass is 10.2. The molecule has 0 aliphatic carbocycles. The zero-order valence-electron chi connectivity index (χ0n) is 14.2. The van der Waals surface area contributed by atoms with Gasteiger partial charge in [0.05, 0.1) is 0 Å². The quantitative estimate of drug-likeness (QED) is 0.730. The van der Waals surface area contributed by atoms with Crippen LogP contribution in [-0.4, -0.2) is 44.2 Å². The average Bonchev–Trinajstić information content (AvgIpc) is 2.66. The SMILES string of the molecule is c1ccc(COc2ccc(CNCCN3CCNCC3)cc2)cc1. The van der Waals surface area contributed by atoms with E-state index in [0.717, 1.165) is 51.6 Å². The number of piperazine rings is 1. The van der Waals surface area contributed by atoms with E-state index in [9.17, 15) is 0 Å². The summed E-state index contributed by atoms with van der Waals surface area (Å²) in [6, 6.07) is 18.6. The molecule has 0 aromatic heterocycles. The molecule has 128 valence electrons. The van der Waals surface area contributed by atoms with Gasteiger partial charge < -0.3 is 15.4 Å². The van der Waals surface area contributed by atoms with Crippen molar-refractivity contribution >= 4 is 0 Å². The summed E-state index contributed by atoms with van der Waals surface area (Å²) in [6.45, 7) is 8.24. The predicted molar refractivity (Wildman–Crippen MR) is 98.2 cm³/mol. The van der Waals surface area contributed by atoms with Gasteiger partial charge in [-0.1, -0.05) is 42.5 Å². The molecule has 0 bridgehead atoms. The van der Waals surface area contributed by atoms with E-state index in [1.54, 1.807) is 0 Å². The van der Waals surface area contributed by atoms with Crippen LogP contribution in [-0.2, 0) is 13.2 Å². The molecule has 1 saturated heterocycles. The van der Waals surface area contributed by atoms with Gasteiger partial charge in [0.1, 0.15) is 12.4 Å². The molecule has 1 aliphatic rings. The lowest BCUT2D eigenvalue weighted by Gasteiger charge is -2.27. The van der Waals surface area contributed by atoms with Gasteiger partial charge in [-0.3, -0.25) is 4.90 Å². The highest BCUT2D eigenvalue weighted by atomic mass is 16.5. The minimum absolute atomic E-state index is 0.614. The molecule has 2 aromatic carbocycles. The van der Waals surface area contributed by atoms with Crippen LogP contribution in [0.2, 0.25) is 0 Å². The van der Waals surface area contributed by atoms with Gasteiger partial charge in [0.25, 0.3) is 0 Å². The van der Waals surface area contributed by atoms with Crippen molar-refractivity contribution < 1.29 is 4.74 Å². The second-order valence-corrected chi connectivity index (χ2v) is 6.19. The van der Waals surface area contributed by atoms with E-state index in [1.165, 1.54) is 11.1 Å². The van der Waals surface area contributed by atoms with Crippen LogP contribution < -0.4 is 15.4 Å². The molecule has 0 unspecified atom stereocenters. The van der Waals surface area contributed by atoms with Gasteiger partial charge >= 0.3 is 0 Å². The highest BCUT2D eigenvalue weighted by Gasteiger charge is 2.07. The number of nitrogens with zero attached hydrogens (tertiary/aromatic N) is 1. The summed E-state index contributed by atoms with van der Waals surface area (Å²) in [5.74, 6) is 0.920. The Morgan fingerprint density at radius 1 is 0.917 bits per heavy atom. The summed E-state index contributed by atoms with van der Waals surface area (Å²) in [5, 5.41) is 6.91. The normalized spacial score (nSPS) is 15.3. The molecular formula is C20H27N3O. The van der Waals surface area contributed by atoms with Gasteiger partial charge in [0, 0.05) is 45.8 Å². The third-order valence-corrected chi connectivity index (χ3v) is 4.32. The summed E-state index contributed by atoms with van der Waals surface area (Å²) >= 11 is 0. The second kappa shape index (κ2) is 9.42. The van der Waals surface area contributed by atoms with Crippen LogP contribution in [0, 0.1) is 0 Å². The maximum Gasteiger partial charge on any atom is 0.119 e. The Hall–Kier alpha value is -1.88. The second-order valence-electron chi connectivity index (χ2n) is 6.19. The fraction of sp³-hybridized carbons (Fsp3) is 0.400. The van der Waals surface area contributed by atoms with Crippen molar-refractivity contribution in [3.05, 3.63) is 65.7 Å². The molecule has 1 aliphatic heterocycles. The summed E-state index contributed by atoms with van der Waals surface area (Å²) in [5.41, 5.74) is 2.48. The van der Waals surface area contributed by atoms with E-state index in [0.29, 0.717) is 6.61 Å². The van der Waals surface area contributed by atoms with Crippen molar-refractivity contribution in [2.24, 2.45) is 0 Å². The van der Waals surface area contributed by atoms with E-state index in [2.05, 4.69) is 51.9 Å². The molecule has 4 heteroatoms. The third kappa shape index (κ3) is 5.64. The van der Waals surface area contributed by atoms with Gasteiger partial charge in [-0.05, 0) is 23.3 Å². The lowest BCUT2D eigenvalue weighted by molar-refractivity contribution is 0.241. The zero-order valence-corrected chi connectivity index (χ0v) is 14.2. The van der Waals surface area contributed by atoms with Crippen molar-refractivity contribution in [1.29, 1.82) is 0 Å². The number of rotatable bonds is 8. The molecule has 0 saturated carbocycles. The van der Waals surface area contributed by atoms with Crippen LogP contribution >= 0.6 is 0 Å². The highest BCUT2D eigenvalue weighted by Crippen LogP contribution is 2.14. The topological polar surface area (TPSA) is 36.5 Å². The Labute approximate surface area is 144 Å². The minimum atomic E-state index is 0.614. The number of ether oxygens (including phenoxy) is 1. The maximum absolute atomic E-state index is 5.82. The molecule has 1 fully saturated rings. The summed E-state index contributed by atoms with van der Waals surface area (Å²) in [7, 11) is 0. The van der Waals surface area contributed by atoms with Crippen LogP contribution in [0.4, 0.5) is 0 Å². The summed E-state index contributed by atoms with van der Waals surface area (Å²) in [4.78, 5) is 2.50. The first kappa shape index (κ1) is 17.0. The summed E-state index contributed by atoms with van der Waals surface area (Å²) < 4.78 is 5.82. The van der Waals surface area contributed by atoms with Gasteiger partial charge in [-0.25, -0.2) is 0 Å². The van der Waals surface area contributed by atoms with Crippen molar-refractivity contribution in [3.8, 4) is 5.75 Å². The van der Waals surface area contributed by atoms with Crippen LogP contribution in [0.1, 0.15) is 11.1 Å². The average molecular weight is 325 g/mol. The largest absolute Gasteiger partial charge is 0.489 e. The Balaban J connectivity index is 1.35. The first-order valence-corrected chi connectivity index (χ1v) is 8.79. The van der Waals surface area contributed by atoms with Crippen molar-refractivity contribution in [1.82, 2.24) is 15.5 Å². The molecule has 2 aromatic rings. The molecule has 4 nitrogen and oxygen atoms in total. The molecular weight excluding hydrogens is 298 g/mol. The van der Waals surface area contributed by atoms with E-state index in [1.807, 2.05) is 18.2 Å². The molecule has 3 rings (SSSR count). The Morgan fingerprint density at radius 3 is 2.42 bits per heavy atom. The Bertz CT molecular complexity index is 580. The van der Waals surface area contributed by atoms with Crippen molar-refractivity contribution in [2.75, 3.05) is 39.3 Å². The molecule has 0 amide bonds. The molecule has 2 N–H and O–H groups in total. The zero-order chi connectivity index (χ0) is 16.5. The first-order valence-electron chi connectivity index (χ1n) is 8.79. The maximum atomic E-state index is 5.82. The van der Waals surface area contributed by atoms with E-state index >= 15 is 0 Å². The van der Waals surface area contributed by atoms with E-state index in [-0.39, 0.29) is 0 Å². The Morgan fingerprint density at radius 2 is 1.67 bits per heavy atom. The van der Waals surface area contributed by atoms with Crippen molar-refractivity contribution in [2.45, 2.75) is 13.2 Å². The van der Waals surface area contributed by atoms with Crippen LogP contribution in [0.25, 0.3) is 0 Å². The number of hydrogen-bond acceptors (Lipinski definition) is 4. The van der Waals surface area contributed by atoms with Crippen LogP contribution in [0.5, 0.6) is 5.75 Å². The van der Waals surface area contributed by atoms with Gasteiger partial charge in [-0.15, -0.1) is 0 Å². The monoisotopic (exact) mass is 325 g/mol. The molecule has 24 heavy (non-hydrogen) atoms. The van der Waals surface area contributed by atoms with Crippen molar-refractivity contribution in [3.63, 3.8) is 0 Å². The molecule has 0 radical (unpaired) electrons. The molecule has 0 spiro atoms. The van der Waals surface area contributed by atoms with Gasteiger partial charge in [0.15, 0.2) is 0 Å². The number of benzene rings is 2. The fourth-order valence-electron chi connectivity index (χ4n) is 2.85. The molecule has 1 heterocycles. The van der Waals surface area contributed by atoms with E-state index in [4.69, 9.17) is 4.74 Å². The number of hydrogen-bond donors (Lipinski definition) is 2. The number of nitrogens with one attached hydrogen (secondary N) is 2. The third-order valence-electron chi connectivity index (χ3n) is 4.32.